The fraction of sp³-hybridized carbons (Fsp3) is 0.571. The number of rotatable bonds is 9. The van der Waals surface area contributed by atoms with Crippen molar-refractivity contribution >= 4 is 5.69 Å². The molecule has 20 heavy (non-hydrogen) atoms. The summed E-state index contributed by atoms with van der Waals surface area (Å²) in [7, 11) is 0. The van der Waals surface area contributed by atoms with Gasteiger partial charge in [0.05, 0.1) is 11.5 Å². The molecule has 0 heterocycles. The second-order valence-corrected chi connectivity index (χ2v) is 5.01. The van der Waals surface area contributed by atoms with E-state index >= 15 is 0 Å². The van der Waals surface area contributed by atoms with Crippen LogP contribution in [0.25, 0.3) is 0 Å². The third-order valence-corrected chi connectivity index (χ3v) is 2.80. The molecule has 0 aliphatic rings. The lowest BCUT2D eigenvalue weighted by Crippen LogP contribution is -2.19. The molecule has 0 radical (unpaired) electrons. The van der Waals surface area contributed by atoms with Gasteiger partial charge >= 0.3 is 5.69 Å². The molecule has 1 aromatic rings. The second-order valence-electron chi connectivity index (χ2n) is 5.01. The molecule has 0 aromatic heterocycles. The van der Waals surface area contributed by atoms with Crippen LogP contribution in [0.1, 0.15) is 25.8 Å². The summed E-state index contributed by atoms with van der Waals surface area (Å²) in [4.78, 5) is 9.75. The van der Waals surface area contributed by atoms with Crippen LogP contribution in [0.3, 0.4) is 0 Å². The Morgan fingerprint density at radius 1 is 1.40 bits per heavy atom. The summed E-state index contributed by atoms with van der Waals surface area (Å²) in [6, 6.07) is 3.92. The summed E-state index contributed by atoms with van der Waals surface area (Å²) in [5.41, 5.74) is 0.182. The van der Waals surface area contributed by atoms with Gasteiger partial charge in [-0.15, -0.1) is 0 Å². The normalized spacial score (nSPS) is 11.0. The van der Waals surface area contributed by atoms with Gasteiger partial charge in [0.2, 0.25) is 5.82 Å². The van der Waals surface area contributed by atoms with Gasteiger partial charge in [-0.1, -0.05) is 19.9 Å². The molecular formula is C14H21FN2O3. The summed E-state index contributed by atoms with van der Waals surface area (Å²) >= 11 is 0. The van der Waals surface area contributed by atoms with Crippen molar-refractivity contribution in [2.24, 2.45) is 5.92 Å². The topological polar surface area (TPSA) is 64.4 Å². The number of halogens is 1. The number of nitrogens with one attached hydrogen (secondary N) is 1. The number of hydrogen-bond acceptors (Lipinski definition) is 4. The average molecular weight is 284 g/mol. The van der Waals surface area contributed by atoms with Crippen molar-refractivity contribution in [2.45, 2.75) is 26.8 Å². The van der Waals surface area contributed by atoms with Crippen LogP contribution < -0.4 is 5.32 Å². The maximum atomic E-state index is 13.4. The molecule has 0 fully saturated rings. The van der Waals surface area contributed by atoms with Crippen LogP contribution in [0.4, 0.5) is 10.1 Å². The minimum absolute atomic E-state index is 0.461. The SMILES string of the molecule is CC(C)CCOCCNCc1ccc([N+](=O)[O-])c(F)c1. The molecule has 0 saturated heterocycles. The van der Waals surface area contributed by atoms with E-state index in [0.29, 0.717) is 31.2 Å². The molecule has 0 unspecified atom stereocenters. The molecular weight excluding hydrogens is 263 g/mol. The van der Waals surface area contributed by atoms with Crippen molar-refractivity contribution in [1.82, 2.24) is 5.32 Å². The minimum atomic E-state index is -0.803. The van der Waals surface area contributed by atoms with Gasteiger partial charge in [-0.3, -0.25) is 10.1 Å². The van der Waals surface area contributed by atoms with E-state index in [2.05, 4.69) is 19.2 Å². The Morgan fingerprint density at radius 3 is 2.75 bits per heavy atom. The van der Waals surface area contributed by atoms with E-state index in [9.17, 15) is 14.5 Å². The zero-order valence-corrected chi connectivity index (χ0v) is 11.9. The molecule has 5 nitrogen and oxygen atoms in total. The molecule has 6 heteroatoms. The van der Waals surface area contributed by atoms with Crippen molar-refractivity contribution in [3.05, 3.63) is 39.7 Å². The maximum absolute atomic E-state index is 13.4. The first-order valence-corrected chi connectivity index (χ1v) is 6.72. The van der Waals surface area contributed by atoms with Crippen molar-refractivity contribution in [2.75, 3.05) is 19.8 Å². The lowest BCUT2D eigenvalue weighted by molar-refractivity contribution is -0.387. The fourth-order valence-electron chi connectivity index (χ4n) is 1.61. The highest BCUT2D eigenvalue weighted by Gasteiger charge is 2.13. The number of nitro groups is 1. The third kappa shape index (κ3) is 6.08. The molecule has 0 amide bonds. The van der Waals surface area contributed by atoms with Crippen LogP contribution in [0, 0.1) is 21.8 Å². The molecule has 1 rings (SSSR count). The molecule has 0 bridgehead atoms. The number of hydrogen-bond donors (Lipinski definition) is 1. The molecule has 0 aliphatic carbocycles. The lowest BCUT2D eigenvalue weighted by Gasteiger charge is -2.08. The molecule has 0 saturated carbocycles. The molecule has 0 aliphatic heterocycles. The highest BCUT2D eigenvalue weighted by Crippen LogP contribution is 2.17. The predicted octanol–water partition coefficient (Wildman–Crippen LogP) is 2.89. The minimum Gasteiger partial charge on any atom is -0.380 e. The van der Waals surface area contributed by atoms with Crippen molar-refractivity contribution in [1.29, 1.82) is 0 Å². The number of nitrogens with zero attached hydrogens (tertiary/aromatic N) is 1. The Balaban J connectivity index is 2.22. The Hall–Kier alpha value is -1.53. The van der Waals surface area contributed by atoms with E-state index in [1.54, 1.807) is 6.07 Å². The van der Waals surface area contributed by atoms with Crippen LogP contribution in [0.2, 0.25) is 0 Å². The monoisotopic (exact) mass is 284 g/mol. The van der Waals surface area contributed by atoms with Gasteiger partial charge in [0.15, 0.2) is 0 Å². The highest BCUT2D eigenvalue weighted by molar-refractivity contribution is 5.34. The van der Waals surface area contributed by atoms with Gasteiger partial charge in [-0.25, -0.2) is 0 Å². The summed E-state index contributed by atoms with van der Waals surface area (Å²) in [6.07, 6.45) is 1.04. The molecule has 1 N–H and O–H groups in total. The first-order chi connectivity index (χ1) is 9.50. The van der Waals surface area contributed by atoms with Crippen molar-refractivity contribution < 1.29 is 14.1 Å². The summed E-state index contributed by atoms with van der Waals surface area (Å²) in [6.45, 7) is 6.75. The van der Waals surface area contributed by atoms with Crippen LogP contribution in [0.5, 0.6) is 0 Å². The maximum Gasteiger partial charge on any atom is 0.304 e. The zero-order chi connectivity index (χ0) is 15.0. The molecule has 0 atom stereocenters. The van der Waals surface area contributed by atoms with E-state index in [-0.39, 0.29) is 0 Å². The first kappa shape index (κ1) is 16.5. The van der Waals surface area contributed by atoms with E-state index < -0.39 is 16.4 Å². The quantitative estimate of drug-likeness (QED) is 0.430. The van der Waals surface area contributed by atoms with Crippen LogP contribution in [0.15, 0.2) is 18.2 Å². The molecule has 1 aromatic carbocycles. The summed E-state index contributed by atoms with van der Waals surface area (Å²) < 4.78 is 18.8. The second kappa shape index (κ2) is 8.60. The Labute approximate surface area is 118 Å². The number of benzene rings is 1. The zero-order valence-electron chi connectivity index (χ0n) is 11.9. The van der Waals surface area contributed by atoms with E-state index in [1.165, 1.54) is 12.1 Å². The van der Waals surface area contributed by atoms with Crippen molar-refractivity contribution in [3.8, 4) is 0 Å². The van der Waals surface area contributed by atoms with Gasteiger partial charge in [-0.05, 0) is 24.0 Å². The Kier molecular flexibility index (Phi) is 7.11. The standard InChI is InChI=1S/C14H21FN2O3/c1-11(2)5-7-20-8-6-16-10-12-3-4-14(17(18)19)13(15)9-12/h3-4,9,11,16H,5-8,10H2,1-2H3. The lowest BCUT2D eigenvalue weighted by atomic mass is 10.1. The molecule has 112 valence electrons. The van der Waals surface area contributed by atoms with Gasteiger partial charge in [-0.2, -0.15) is 4.39 Å². The summed E-state index contributed by atoms with van der Waals surface area (Å²) in [5, 5.41) is 13.6. The van der Waals surface area contributed by atoms with Gasteiger partial charge < -0.3 is 10.1 Å². The third-order valence-electron chi connectivity index (χ3n) is 2.80. The summed E-state index contributed by atoms with van der Waals surface area (Å²) in [5.74, 6) is -0.173. The average Bonchev–Trinajstić information content (AvgIpc) is 2.37. The van der Waals surface area contributed by atoms with E-state index in [1.807, 2.05) is 0 Å². The Morgan fingerprint density at radius 2 is 2.15 bits per heavy atom. The van der Waals surface area contributed by atoms with Crippen LogP contribution >= 0.6 is 0 Å². The van der Waals surface area contributed by atoms with Crippen molar-refractivity contribution in [3.63, 3.8) is 0 Å². The highest BCUT2D eigenvalue weighted by atomic mass is 19.1. The first-order valence-electron chi connectivity index (χ1n) is 6.72. The Bertz CT molecular complexity index is 438. The smallest absolute Gasteiger partial charge is 0.304 e. The van der Waals surface area contributed by atoms with Crippen LogP contribution in [-0.2, 0) is 11.3 Å². The predicted molar refractivity (Wildman–Crippen MR) is 75.0 cm³/mol. The molecule has 0 spiro atoms. The fourth-order valence-corrected chi connectivity index (χ4v) is 1.61. The number of nitro benzene ring substituents is 1. The van der Waals surface area contributed by atoms with Gasteiger partial charge in [0.25, 0.3) is 0 Å². The van der Waals surface area contributed by atoms with Crippen LogP contribution in [-0.4, -0.2) is 24.7 Å². The van der Waals surface area contributed by atoms with Gasteiger partial charge in [0, 0.05) is 25.8 Å². The van der Waals surface area contributed by atoms with E-state index in [0.717, 1.165) is 13.0 Å². The largest absolute Gasteiger partial charge is 0.380 e. The number of ether oxygens (including phenoxy) is 1. The van der Waals surface area contributed by atoms with Gasteiger partial charge in [0.1, 0.15) is 0 Å². The van der Waals surface area contributed by atoms with E-state index in [4.69, 9.17) is 4.74 Å².